The van der Waals surface area contributed by atoms with Gasteiger partial charge >= 0.3 is 0 Å². The molecule has 4 heteroatoms. The minimum atomic E-state index is -0.522. The van der Waals surface area contributed by atoms with E-state index in [0.29, 0.717) is 5.88 Å². The highest BCUT2D eigenvalue weighted by Crippen LogP contribution is 2.13. The first-order valence-corrected chi connectivity index (χ1v) is 3.68. The van der Waals surface area contributed by atoms with Gasteiger partial charge in [0.25, 0.3) is 0 Å². The molecule has 1 rings (SSSR count). The second-order valence-electron chi connectivity index (χ2n) is 2.68. The van der Waals surface area contributed by atoms with E-state index in [9.17, 15) is 4.39 Å². The third kappa shape index (κ3) is 2.08. The van der Waals surface area contributed by atoms with Crippen molar-refractivity contribution >= 4 is 5.82 Å². The number of hydrogen-bond acceptors (Lipinski definition) is 3. The van der Waals surface area contributed by atoms with Crippen LogP contribution in [-0.2, 0) is 0 Å². The van der Waals surface area contributed by atoms with Crippen LogP contribution in [0, 0.1) is 5.82 Å². The number of rotatable bonds is 2. The first kappa shape index (κ1) is 8.77. The minimum absolute atomic E-state index is 0.0161. The summed E-state index contributed by atoms with van der Waals surface area (Å²) in [6.45, 7) is 3.72. The number of anilines is 1. The van der Waals surface area contributed by atoms with E-state index in [1.165, 1.54) is 12.1 Å². The van der Waals surface area contributed by atoms with E-state index >= 15 is 0 Å². The molecule has 0 unspecified atom stereocenters. The smallest absolute Gasteiger partial charge is 0.215 e. The molecular formula is C8H11FN2O. The number of pyridine rings is 1. The fourth-order valence-electron chi connectivity index (χ4n) is 0.746. The Morgan fingerprint density at radius 2 is 2.17 bits per heavy atom. The molecule has 0 aliphatic carbocycles. The highest BCUT2D eigenvalue weighted by Gasteiger charge is 2.03. The zero-order valence-corrected chi connectivity index (χ0v) is 7.04. The average Bonchev–Trinajstić information content (AvgIpc) is 1.96. The van der Waals surface area contributed by atoms with Crippen LogP contribution >= 0.6 is 0 Å². The second-order valence-corrected chi connectivity index (χ2v) is 2.68. The van der Waals surface area contributed by atoms with Gasteiger partial charge in [-0.25, -0.2) is 4.39 Å². The van der Waals surface area contributed by atoms with Crippen LogP contribution in [0.15, 0.2) is 12.1 Å². The van der Waals surface area contributed by atoms with Gasteiger partial charge in [0.1, 0.15) is 0 Å². The molecule has 1 heterocycles. The molecule has 3 nitrogen and oxygen atoms in total. The van der Waals surface area contributed by atoms with Gasteiger partial charge in [0.05, 0.1) is 6.10 Å². The van der Waals surface area contributed by atoms with Crippen LogP contribution in [0.3, 0.4) is 0 Å². The van der Waals surface area contributed by atoms with Gasteiger partial charge in [0.2, 0.25) is 5.88 Å². The number of ether oxygens (including phenoxy) is 1. The molecule has 2 N–H and O–H groups in total. The lowest BCUT2D eigenvalue weighted by Gasteiger charge is -2.08. The zero-order chi connectivity index (χ0) is 9.14. The molecule has 0 aliphatic rings. The molecule has 0 amide bonds. The molecule has 0 saturated heterocycles. The topological polar surface area (TPSA) is 48.1 Å². The quantitative estimate of drug-likeness (QED) is 0.733. The largest absolute Gasteiger partial charge is 0.475 e. The standard InChI is InChI=1S/C8H11FN2O/c1-5(2)12-7-4-3-6(9)8(10)11-7/h3-5H,1-2H3,(H2,10,11). The van der Waals surface area contributed by atoms with Crippen LogP contribution < -0.4 is 10.5 Å². The molecule has 1 aromatic rings. The Morgan fingerprint density at radius 3 is 2.67 bits per heavy atom. The maximum atomic E-state index is 12.6. The first-order chi connectivity index (χ1) is 5.59. The van der Waals surface area contributed by atoms with Gasteiger partial charge in [-0.2, -0.15) is 4.98 Å². The molecule has 0 aliphatic heterocycles. The Morgan fingerprint density at radius 1 is 1.50 bits per heavy atom. The average molecular weight is 170 g/mol. The molecule has 0 fully saturated rings. The summed E-state index contributed by atoms with van der Waals surface area (Å²) in [7, 11) is 0. The summed E-state index contributed by atoms with van der Waals surface area (Å²) in [6.07, 6.45) is 0.0161. The van der Waals surface area contributed by atoms with Gasteiger partial charge in [-0.15, -0.1) is 0 Å². The van der Waals surface area contributed by atoms with Gasteiger partial charge in [-0.3, -0.25) is 0 Å². The van der Waals surface area contributed by atoms with E-state index in [1.54, 1.807) is 0 Å². The molecule has 1 aromatic heterocycles. The van der Waals surface area contributed by atoms with Gasteiger partial charge in [-0.1, -0.05) is 0 Å². The van der Waals surface area contributed by atoms with Crippen molar-refractivity contribution in [2.75, 3.05) is 5.73 Å². The molecule has 0 aromatic carbocycles. The lowest BCUT2D eigenvalue weighted by Crippen LogP contribution is -2.08. The van der Waals surface area contributed by atoms with Gasteiger partial charge < -0.3 is 10.5 Å². The second kappa shape index (κ2) is 3.38. The number of halogens is 1. The summed E-state index contributed by atoms with van der Waals surface area (Å²) in [4.78, 5) is 3.69. The Labute approximate surface area is 70.4 Å². The van der Waals surface area contributed by atoms with Crippen LogP contribution in [0.1, 0.15) is 13.8 Å². The fourth-order valence-corrected chi connectivity index (χ4v) is 0.746. The van der Waals surface area contributed by atoms with E-state index in [-0.39, 0.29) is 11.9 Å². The van der Waals surface area contributed by atoms with Crippen molar-refractivity contribution in [1.82, 2.24) is 4.98 Å². The molecule has 0 saturated carbocycles. The van der Waals surface area contributed by atoms with Crippen LogP contribution in [0.25, 0.3) is 0 Å². The van der Waals surface area contributed by atoms with E-state index < -0.39 is 5.82 Å². The highest BCUT2D eigenvalue weighted by molar-refractivity contribution is 5.33. The lowest BCUT2D eigenvalue weighted by atomic mass is 10.4. The van der Waals surface area contributed by atoms with Crippen molar-refractivity contribution in [2.45, 2.75) is 20.0 Å². The van der Waals surface area contributed by atoms with Crippen molar-refractivity contribution in [3.63, 3.8) is 0 Å². The monoisotopic (exact) mass is 170 g/mol. The Kier molecular flexibility index (Phi) is 2.47. The zero-order valence-electron chi connectivity index (χ0n) is 7.04. The predicted molar refractivity (Wildman–Crippen MR) is 44.4 cm³/mol. The van der Waals surface area contributed by atoms with Crippen molar-refractivity contribution in [3.05, 3.63) is 17.9 Å². The summed E-state index contributed by atoms with van der Waals surface area (Å²) in [5.41, 5.74) is 5.23. The van der Waals surface area contributed by atoms with Gasteiger partial charge in [-0.05, 0) is 19.9 Å². The molecule has 12 heavy (non-hydrogen) atoms. The maximum absolute atomic E-state index is 12.6. The summed E-state index contributed by atoms with van der Waals surface area (Å²) >= 11 is 0. The third-order valence-corrected chi connectivity index (χ3v) is 1.20. The normalized spacial score (nSPS) is 10.3. The fraction of sp³-hybridized carbons (Fsp3) is 0.375. The summed E-state index contributed by atoms with van der Waals surface area (Å²) < 4.78 is 17.8. The van der Waals surface area contributed by atoms with Crippen LogP contribution in [-0.4, -0.2) is 11.1 Å². The van der Waals surface area contributed by atoms with E-state index in [0.717, 1.165) is 0 Å². The Balaban J connectivity index is 2.82. The number of nitrogens with zero attached hydrogens (tertiary/aromatic N) is 1. The summed E-state index contributed by atoms with van der Waals surface area (Å²) in [5.74, 6) is -0.303. The molecule has 66 valence electrons. The number of aromatic nitrogens is 1. The van der Waals surface area contributed by atoms with E-state index in [1.807, 2.05) is 13.8 Å². The van der Waals surface area contributed by atoms with Crippen molar-refractivity contribution < 1.29 is 9.13 Å². The molecule has 0 atom stereocenters. The van der Waals surface area contributed by atoms with Crippen LogP contribution in [0.2, 0.25) is 0 Å². The third-order valence-electron chi connectivity index (χ3n) is 1.20. The minimum Gasteiger partial charge on any atom is -0.475 e. The Bertz CT molecular complexity index is 276. The SMILES string of the molecule is CC(C)Oc1ccc(F)c(N)n1. The predicted octanol–water partition coefficient (Wildman–Crippen LogP) is 1.59. The first-order valence-electron chi connectivity index (χ1n) is 3.68. The van der Waals surface area contributed by atoms with Crippen molar-refractivity contribution in [1.29, 1.82) is 0 Å². The van der Waals surface area contributed by atoms with Crippen molar-refractivity contribution in [3.8, 4) is 5.88 Å². The maximum Gasteiger partial charge on any atom is 0.215 e. The molecule has 0 spiro atoms. The van der Waals surface area contributed by atoms with E-state index in [4.69, 9.17) is 10.5 Å². The van der Waals surface area contributed by atoms with Gasteiger partial charge in [0.15, 0.2) is 11.6 Å². The van der Waals surface area contributed by atoms with Crippen LogP contribution in [0.4, 0.5) is 10.2 Å². The molecular weight excluding hydrogens is 159 g/mol. The number of nitrogens with two attached hydrogens (primary N) is 1. The Hall–Kier alpha value is -1.32. The molecule has 0 bridgehead atoms. The summed E-state index contributed by atoms with van der Waals surface area (Å²) in [6, 6.07) is 2.69. The lowest BCUT2D eigenvalue weighted by molar-refractivity contribution is 0.232. The number of nitrogen functional groups attached to an aromatic ring is 1. The van der Waals surface area contributed by atoms with E-state index in [2.05, 4.69) is 4.98 Å². The highest BCUT2D eigenvalue weighted by atomic mass is 19.1. The van der Waals surface area contributed by atoms with Crippen molar-refractivity contribution in [2.24, 2.45) is 0 Å². The van der Waals surface area contributed by atoms with Crippen LogP contribution in [0.5, 0.6) is 5.88 Å². The number of hydrogen-bond donors (Lipinski definition) is 1. The van der Waals surface area contributed by atoms with Gasteiger partial charge in [0, 0.05) is 6.07 Å². The molecule has 0 radical (unpaired) electrons. The summed E-state index contributed by atoms with van der Waals surface area (Å²) in [5, 5.41) is 0.